The quantitative estimate of drug-likeness (QED) is 0.610. The van der Waals surface area contributed by atoms with Crippen LogP contribution >= 0.6 is 0 Å². The molecule has 0 amide bonds. The maximum atomic E-state index is 2.33. The maximum absolute atomic E-state index is 2.33. The van der Waals surface area contributed by atoms with Gasteiger partial charge in [0.15, 0.2) is 0 Å². The van der Waals surface area contributed by atoms with E-state index in [0.29, 0.717) is 0 Å². The van der Waals surface area contributed by atoms with Crippen LogP contribution in [0.5, 0.6) is 0 Å². The van der Waals surface area contributed by atoms with Gasteiger partial charge >= 0.3 is 0 Å². The molecule has 0 saturated heterocycles. The Kier molecular flexibility index (Phi) is 5.01. The molecule has 0 aliphatic heterocycles. The lowest BCUT2D eigenvalue weighted by Crippen LogP contribution is -1.95. The molecule has 0 fully saturated rings. The molecule has 0 saturated carbocycles. The van der Waals surface area contributed by atoms with Crippen molar-refractivity contribution in [2.24, 2.45) is 0 Å². The molecule has 0 nitrogen and oxygen atoms in total. The molecule has 2 rings (SSSR count). The van der Waals surface area contributed by atoms with Gasteiger partial charge in [0.2, 0.25) is 0 Å². The summed E-state index contributed by atoms with van der Waals surface area (Å²) in [6.45, 7) is 11.1. The molecule has 110 valence electrons. The summed E-state index contributed by atoms with van der Waals surface area (Å²) < 4.78 is 0. The lowest BCUT2D eigenvalue weighted by Gasteiger charge is -2.11. The third-order valence-electron chi connectivity index (χ3n) is 4.39. The summed E-state index contributed by atoms with van der Waals surface area (Å²) in [5, 5.41) is 0. The molecule has 2 aromatic rings. The van der Waals surface area contributed by atoms with E-state index in [1.54, 1.807) is 0 Å². The highest BCUT2D eigenvalue weighted by Gasteiger charge is 2.04. The molecule has 0 atom stereocenters. The zero-order valence-corrected chi connectivity index (χ0v) is 14.0. The van der Waals surface area contributed by atoms with Crippen molar-refractivity contribution in [2.45, 2.75) is 47.5 Å². The van der Waals surface area contributed by atoms with Gasteiger partial charge in [0.05, 0.1) is 0 Å². The molecular weight excluding hydrogens is 252 g/mol. The number of hydrogen-bond donors (Lipinski definition) is 0. The van der Waals surface area contributed by atoms with Crippen LogP contribution in [0, 0.1) is 20.8 Å². The van der Waals surface area contributed by atoms with Crippen molar-refractivity contribution in [3.63, 3.8) is 0 Å². The lowest BCUT2D eigenvalue weighted by molar-refractivity contribution is 1.04. The Balaban J connectivity index is 2.42. The zero-order chi connectivity index (χ0) is 15.4. The summed E-state index contributed by atoms with van der Waals surface area (Å²) in [6, 6.07) is 11.1. The van der Waals surface area contributed by atoms with E-state index >= 15 is 0 Å². The van der Waals surface area contributed by atoms with E-state index in [1.807, 2.05) is 0 Å². The van der Waals surface area contributed by atoms with Crippen molar-refractivity contribution < 1.29 is 0 Å². The van der Waals surface area contributed by atoms with Gasteiger partial charge in [-0.3, -0.25) is 0 Å². The van der Waals surface area contributed by atoms with Gasteiger partial charge in [0, 0.05) is 0 Å². The van der Waals surface area contributed by atoms with Crippen LogP contribution in [0.4, 0.5) is 0 Å². The molecule has 0 heteroatoms. The molecule has 0 aliphatic rings. The van der Waals surface area contributed by atoms with E-state index in [0.717, 1.165) is 12.8 Å². The first-order chi connectivity index (χ1) is 10.1. The fourth-order valence-corrected chi connectivity index (χ4v) is 2.97. The largest absolute Gasteiger partial charge is 0.0617 e. The summed E-state index contributed by atoms with van der Waals surface area (Å²) in [5.41, 5.74) is 9.73. The van der Waals surface area contributed by atoms with Crippen molar-refractivity contribution in [3.8, 4) is 0 Å². The average Bonchev–Trinajstić information content (AvgIpc) is 2.48. The van der Waals surface area contributed by atoms with E-state index in [1.165, 1.54) is 38.9 Å². The number of hydrogen-bond acceptors (Lipinski definition) is 0. The number of rotatable bonds is 4. The molecule has 0 aliphatic carbocycles. The number of aryl methyl sites for hydroxylation is 4. The van der Waals surface area contributed by atoms with Crippen LogP contribution in [0.15, 0.2) is 30.3 Å². The van der Waals surface area contributed by atoms with Crippen LogP contribution in [-0.4, -0.2) is 0 Å². The summed E-state index contributed by atoms with van der Waals surface area (Å²) in [6.07, 6.45) is 6.72. The van der Waals surface area contributed by atoms with Gasteiger partial charge in [-0.05, 0) is 72.6 Å². The first-order valence-corrected chi connectivity index (χ1v) is 7.93. The molecule has 0 unspecified atom stereocenters. The Hall–Kier alpha value is -1.82. The molecule has 21 heavy (non-hydrogen) atoms. The predicted molar refractivity (Wildman–Crippen MR) is 94.8 cm³/mol. The molecule has 0 aromatic heterocycles. The van der Waals surface area contributed by atoms with Gasteiger partial charge < -0.3 is 0 Å². The monoisotopic (exact) mass is 278 g/mol. The molecule has 0 spiro atoms. The molecular formula is C21H26. The fraction of sp³-hybridized carbons (Fsp3) is 0.333. The van der Waals surface area contributed by atoms with E-state index in [-0.39, 0.29) is 0 Å². The molecule has 0 heterocycles. The van der Waals surface area contributed by atoms with Gasteiger partial charge in [-0.25, -0.2) is 0 Å². The Bertz CT molecular complexity index is 614. The Labute approximate surface area is 129 Å². The summed E-state index contributed by atoms with van der Waals surface area (Å²) in [4.78, 5) is 0. The minimum Gasteiger partial charge on any atom is -0.0617 e. The smallest absolute Gasteiger partial charge is 0.0198 e. The highest BCUT2D eigenvalue weighted by Crippen LogP contribution is 2.21. The third kappa shape index (κ3) is 3.44. The van der Waals surface area contributed by atoms with E-state index in [9.17, 15) is 0 Å². The second-order valence-electron chi connectivity index (χ2n) is 5.81. The molecule has 0 bridgehead atoms. The topological polar surface area (TPSA) is 0 Å². The minimum absolute atomic E-state index is 1.10. The van der Waals surface area contributed by atoms with Gasteiger partial charge in [-0.1, -0.05) is 56.3 Å². The predicted octanol–water partition coefficient (Wildman–Crippen LogP) is 5.91. The normalized spacial score (nSPS) is 11.3. The van der Waals surface area contributed by atoms with Crippen LogP contribution in [0.3, 0.4) is 0 Å². The van der Waals surface area contributed by atoms with E-state index in [2.05, 4.69) is 77.1 Å². The molecule has 0 radical (unpaired) electrons. The fourth-order valence-electron chi connectivity index (χ4n) is 2.97. The van der Waals surface area contributed by atoms with Crippen molar-refractivity contribution in [3.05, 3.63) is 69.3 Å². The standard InChI is InChI=1S/C21H26/c1-6-19-13-18(14-20(7-2)17(19)5)11-12-21-15(3)9-8-10-16(21)4/h8-14H,6-7H2,1-5H3/b12-11+. The highest BCUT2D eigenvalue weighted by atomic mass is 14.1. The van der Waals surface area contributed by atoms with Crippen molar-refractivity contribution >= 4 is 12.2 Å². The molecule has 0 N–H and O–H groups in total. The van der Waals surface area contributed by atoms with Crippen molar-refractivity contribution in [2.75, 3.05) is 0 Å². The van der Waals surface area contributed by atoms with Crippen LogP contribution in [0.1, 0.15) is 52.8 Å². The van der Waals surface area contributed by atoms with Crippen LogP contribution in [-0.2, 0) is 12.8 Å². The van der Waals surface area contributed by atoms with E-state index < -0.39 is 0 Å². The Morgan fingerprint density at radius 1 is 0.810 bits per heavy atom. The van der Waals surface area contributed by atoms with Crippen molar-refractivity contribution in [1.29, 1.82) is 0 Å². The Morgan fingerprint density at radius 3 is 1.81 bits per heavy atom. The van der Waals surface area contributed by atoms with Gasteiger partial charge in [-0.2, -0.15) is 0 Å². The molecule has 2 aromatic carbocycles. The first kappa shape index (κ1) is 15.6. The summed E-state index contributed by atoms with van der Waals surface area (Å²) in [5.74, 6) is 0. The lowest BCUT2D eigenvalue weighted by atomic mass is 9.95. The summed E-state index contributed by atoms with van der Waals surface area (Å²) >= 11 is 0. The van der Waals surface area contributed by atoms with Gasteiger partial charge in [0.1, 0.15) is 0 Å². The second kappa shape index (κ2) is 6.76. The third-order valence-corrected chi connectivity index (χ3v) is 4.39. The SMILES string of the molecule is CCc1cc(/C=C/c2c(C)cccc2C)cc(CC)c1C. The van der Waals surface area contributed by atoms with Crippen LogP contribution in [0.25, 0.3) is 12.2 Å². The number of benzene rings is 2. The maximum Gasteiger partial charge on any atom is -0.0198 e. The zero-order valence-electron chi connectivity index (χ0n) is 14.0. The summed E-state index contributed by atoms with van der Waals surface area (Å²) in [7, 11) is 0. The highest BCUT2D eigenvalue weighted by molar-refractivity contribution is 5.73. The first-order valence-electron chi connectivity index (χ1n) is 7.93. The Morgan fingerprint density at radius 2 is 1.33 bits per heavy atom. The average molecular weight is 278 g/mol. The van der Waals surface area contributed by atoms with Crippen LogP contribution in [0.2, 0.25) is 0 Å². The van der Waals surface area contributed by atoms with Gasteiger partial charge in [0.25, 0.3) is 0 Å². The van der Waals surface area contributed by atoms with Crippen molar-refractivity contribution in [1.82, 2.24) is 0 Å². The van der Waals surface area contributed by atoms with Gasteiger partial charge in [-0.15, -0.1) is 0 Å². The minimum atomic E-state index is 1.10. The van der Waals surface area contributed by atoms with Crippen LogP contribution < -0.4 is 0 Å². The second-order valence-corrected chi connectivity index (χ2v) is 5.81. The van der Waals surface area contributed by atoms with E-state index in [4.69, 9.17) is 0 Å².